The fraction of sp³-hybridized carbons (Fsp3) is 0.571. The Morgan fingerprint density at radius 2 is 2.00 bits per heavy atom. The predicted octanol–water partition coefficient (Wildman–Crippen LogP) is 2.16. The van der Waals surface area contributed by atoms with Gasteiger partial charge in [-0.1, -0.05) is 13.8 Å². The van der Waals surface area contributed by atoms with Gasteiger partial charge >= 0.3 is 5.97 Å². The highest BCUT2D eigenvalue weighted by Gasteiger charge is 2.16. The van der Waals surface area contributed by atoms with Crippen LogP contribution in [0.3, 0.4) is 0 Å². The third-order valence-electron chi connectivity index (χ3n) is 2.88. The third kappa shape index (κ3) is 4.70. The molecule has 0 aliphatic rings. The summed E-state index contributed by atoms with van der Waals surface area (Å²) in [5.41, 5.74) is 0. The van der Waals surface area contributed by atoms with Gasteiger partial charge in [0.25, 0.3) is 5.91 Å². The van der Waals surface area contributed by atoms with E-state index in [4.69, 9.17) is 14.3 Å². The van der Waals surface area contributed by atoms with Crippen LogP contribution in [0.4, 0.5) is 0 Å². The van der Waals surface area contributed by atoms with Crippen molar-refractivity contribution in [3.05, 3.63) is 23.7 Å². The summed E-state index contributed by atoms with van der Waals surface area (Å²) in [5.74, 6) is -1.49. The molecule has 1 aromatic heterocycles. The maximum atomic E-state index is 11.8. The molecule has 1 rings (SSSR count). The number of furan rings is 1. The molecule has 1 atom stereocenters. The number of hydrogen-bond donors (Lipinski definition) is 2. The van der Waals surface area contributed by atoms with Crippen LogP contribution in [0.5, 0.6) is 0 Å². The molecule has 0 radical (unpaired) electrons. The van der Waals surface area contributed by atoms with Crippen LogP contribution in [0.2, 0.25) is 0 Å². The molecule has 0 fully saturated rings. The lowest BCUT2D eigenvalue weighted by Gasteiger charge is -2.20. The van der Waals surface area contributed by atoms with Gasteiger partial charge in [-0.3, -0.25) is 4.79 Å². The standard InChI is InChI=1S/C14H21NO5/c1-4-19-10(9(2)3)7-8-15-13(16)11-5-6-12(20-11)14(17)18/h5-6,9-10H,4,7-8H2,1-3H3,(H,15,16)(H,17,18). The van der Waals surface area contributed by atoms with Gasteiger partial charge in [0.2, 0.25) is 5.76 Å². The van der Waals surface area contributed by atoms with Gasteiger partial charge in [-0.25, -0.2) is 4.79 Å². The highest BCUT2D eigenvalue weighted by Crippen LogP contribution is 2.11. The van der Waals surface area contributed by atoms with Crippen LogP contribution in [0.1, 0.15) is 48.3 Å². The Hall–Kier alpha value is -1.82. The van der Waals surface area contributed by atoms with Gasteiger partial charge < -0.3 is 19.6 Å². The fourth-order valence-electron chi connectivity index (χ4n) is 1.81. The smallest absolute Gasteiger partial charge is 0.371 e. The number of carbonyl (C=O) groups excluding carboxylic acids is 1. The van der Waals surface area contributed by atoms with Crippen molar-refractivity contribution in [3.63, 3.8) is 0 Å². The van der Waals surface area contributed by atoms with Crippen LogP contribution in [0, 0.1) is 5.92 Å². The lowest BCUT2D eigenvalue weighted by molar-refractivity contribution is 0.0250. The summed E-state index contributed by atoms with van der Waals surface area (Å²) in [4.78, 5) is 22.4. The summed E-state index contributed by atoms with van der Waals surface area (Å²) >= 11 is 0. The molecule has 2 N–H and O–H groups in total. The molecule has 112 valence electrons. The number of hydrogen-bond acceptors (Lipinski definition) is 4. The molecule has 0 aromatic carbocycles. The molecule has 6 heteroatoms. The zero-order valence-corrected chi connectivity index (χ0v) is 12.0. The lowest BCUT2D eigenvalue weighted by Crippen LogP contribution is -2.30. The largest absolute Gasteiger partial charge is 0.475 e. The molecule has 0 aliphatic heterocycles. The van der Waals surface area contributed by atoms with Crippen molar-refractivity contribution in [3.8, 4) is 0 Å². The monoisotopic (exact) mass is 283 g/mol. The first kappa shape index (κ1) is 16.2. The molecule has 20 heavy (non-hydrogen) atoms. The Balaban J connectivity index is 2.44. The van der Waals surface area contributed by atoms with Crippen molar-refractivity contribution < 1.29 is 23.8 Å². The molecule has 0 aliphatic carbocycles. The molecule has 0 saturated heterocycles. The topological polar surface area (TPSA) is 88.8 Å². The minimum atomic E-state index is -1.19. The number of aromatic carboxylic acids is 1. The van der Waals surface area contributed by atoms with Gasteiger partial charge in [0.05, 0.1) is 6.10 Å². The van der Waals surface area contributed by atoms with Crippen molar-refractivity contribution in [1.82, 2.24) is 5.32 Å². The Bertz CT molecular complexity index is 452. The Morgan fingerprint density at radius 1 is 1.35 bits per heavy atom. The van der Waals surface area contributed by atoms with Crippen LogP contribution < -0.4 is 5.32 Å². The first-order valence-corrected chi connectivity index (χ1v) is 6.68. The number of rotatable bonds is 8. The predicted molar refractivity (Wildman–Crippen MR) is 72.9 cm³/mol. The summed E-state index contributed by atoms with van der Waals surface area (Å²) in [6, 6.07) is 2.61. The quantitative estimate of drug-likeness (QED) is 0.763. The number of amides is 1. The van der Waals surface area contributed by atoms with Gasteiger partial charge in [-0.15, -0.1) is 0 Å². The van der Waals surface area contributed by atoms with E-state index in [1.165, 1.54) is 12.1 Å². The van der Waals surface area contributed by atoms with Gasteiger partial charge in [0.15, 0.2) is 5.76 Å². The number of carbonyl (C=O) groups is 2. The second-order valence-electron chi connectivity index (χ2n) is 4.75. The van der Waals surface area contributed by atoms with Crippen LogP contribution >= 0.6 is 0 Å². The molecule has 1 unspecified atom stereocenters. The van der Waals surface area contributed by atoms with Crippen molar-refractivity contribution >= 4 is 11.9 Å². The Morgan fingerprint density at radius 3 is 2.50 bits per heavy atom. The maximum absolute atomic E-state index is 11.8. The van der Waals surface area contributed by atoms with Crippen LogP contribution in [-0.4, -0.2) is 36.2 Å². The molecule has 0 spiro atoms. The number of ether oxygens (including phenoxy) is 1. The van der Waals surface area contributed by atoms with E-state index in [9.17, 15) is 9.59 Å². The normalized spacial score (nSPS) is 12.4. The van der Waals surface area contributed by atoms with Crippen molar-refractivity contribution in [2.45, 2.75) is 33.3 Å². The van der Waals surface area contributed by atoms with Crippen LogP contribution in [0.15, 0.2) is 16.5 Å². The maximum Gasteiger partial charge on any atom is 0.371 e. The van der Waals surface area contributed by atoms with Gasteiger partial charge in [-0.2, -0.15) is 0 Å². The Labute approximate surface area is 118 Å². The average Bonchev–Trinajstić information content (AvgIpc) is 2.87. The first-order chi connectivity index (χ1) is 9.45. The van der Waals surface area contributed by atoms with E-state index in [1.54, 1.807) is 0 Å². The van der Waals surface area contributed by atoms with E-state index in [1.807, 2.05) is 6.92 Å². The number of carboxylic acids is 1. The molecule has 1 heterocycles. The molecule has 0 bridgehead atoms. The fourth-order valence-corrected chi connectivity index (χ4v) is 1.81. The van der Waals surface area contributed by atoms with E-state index in [0.717, 1.165) is 0 Å². The van der Waals surface area contributed by atoms with Gasteiger partial charge in [0, 0.05) is 13.2 Å². The van der Waals surface area contributed by atoms with Crippen molar-refractivity contribution in [2.75, 3.05) is 13.2 Å². The van der Waals surface area contributed by atoms with E-state index < -0.39 is 11.9 Å². The minimum absolute atomic E-state index is 0.0000863. The van der Waals surface area contributed by atoms with Crippen LogP contribution in [0.25, 0.3) is 0 Å². The number of carboxylic acid groups (broad SMARTS) is 1. The first-order valence-electron chi connectivity index (χ1n) is 6.68. The average molecular weight is 283 g/mol. The summed E-state index contributed by atoms with van der Waals surface area (Å²) in [7, 11) is 0. The second kappa shape index (κ2) is 7.69. The molecule has 6 nitrogen and oxygen atoms in total. The van der Waals surface area contributed by atoms with E-state index in [-0.39, 0.29) is 17.6 Å². The molecular formula is C14H21NO5. The SMILES string of the molecule is CCOC(CCNC(=O)c1ccc(C(=O)O)o1)C(C)C. The summed E-state index contributed by atoms with van der Waals surface area (Å²) in [6.45, 7) is 7.15. The number of nitrogens with one attached hydrogen (secondary N) is 1. The van der Waals surface area contributed by atoms with Crippen molar-refractivity contribution in [1.29, 1.82) is 0 Å². The summed E-state index contributed by atoms with van der Waals surface area (Å²) in [5, 5.41) is 11.4. The highest BCUT2D eigenvalue weighted by atomic mass is 16.5. The molecular weight excluding hydrogens is 262 g/mol. The second-order valence-corrected chi connectivity index (χ2v) is 4.75. The summed E-state index contributed by atoms with van der Waals surface area (Å²) < 4.78 is 10.5. The molecule has 1 amide bonds. The third-order valence-corrected chi connectivity index (χ3v) is 2.88. The van der Waals surface area contributed by atoms with Gasteiger partial charge in [0.1, 0.15) is 0 Å². The zero-order valence-electron chi connectivity index (χ0n) is 12.0. The van der Waals surface area contributed by atoms with E-state index in [2.05, 4.69) is 19.2 Å². The van der Waals surface area contributed by atoms with E-state index >= 15 is 0 Å². The van der Waals surface area contributed by atoms with E-state index in [0.29, 0.717) is 25.5 Å². The van der Waals surface area contributed by atoms with Gasteiger partial charge in [-0.05, 0) is 31.4 Å². The van der Waals surface area contributed by atoms with Crippen molar-refractivity contribution in [2.24, 2.45) is 5.92 Å². The molecule has 1 aromatic rings. The Kier molecular flexibility index (Phi) is 6.24. The summed E-state index contributed by atoms with van der Waals surface area (Å²) in [6.07, 6.45) is 0.787. The minimum Gasteiger partial charge on any atom is -0.475 e. The lowest BCUT2D eigenvalue weighted by atomic mass is 10.0. The van der Waals surface area contributed by atoms with Crippen LogP contribution in [-0.2, 0) is 4.74 Å². The highest BCUT2D eigenvalue weighted by molar-refractivity contribution is 5.93. The molecule has 0 saturated carbocycles. The zero-order chi connectivity index (χ0) is 15.1.